The van der Waals surface area contributed by atoms with Crippen molar-refractivity contribution in [2.24, 2.45) is 0 Å². The fourth-order valence-corrected chi connectivity index (χ4v) is 3.92. The highest BCUT2D eigenvalue weighted by Gasteiger charge is 2.36. The molecule has 3 heterocycles. The number of carbonyl (C=O) groups is 1. The molecular formula is C18H18N2O4S. The minimum absolute atomic E-state index is 0.0162. The van der Waals surface area contributed by atoms with Crippen LogP contribution in [0.15, 0.2) is 44.2 Å². The third-order valence-corrected chi connectivity index (χ3v) is 5.28. The Kier molecular flexibility index (Phi) is 4.19. The van der Waals surface area contributed by atoms with E-state index in [0.29, 0.717) is 17.0 Å². The quantitative estimate of drug-likeness (QED) is 0.732. The molecule has 3 aromatic rings. The zero-order valence-electron chi connectivity index (χ0n) is 13.5. The predicted molar refractivity (Wildman–Crippen MR) is 91.5 cm³/mol. The fourth-order valence-electron chi connectivity index (χ4n) is 3.20. The van der Waals surface area contributed by atoms with Crippen molar-refractivity contribution >= 4 is 17.2 Å². The molecule has 1 atom stereocenters. The van der Waals surface area contributed by atoms with Crippen LogP contribution in [-0.4, -0.2) is 22.7 Å². The van der Waals surface area contributed by atoms with Crippen LogP contribution in [0.5, 0.6) is 0 Å². The Bertz CT molecular complexity index is 818. The van der Waals surface area contributed by atoms with Crippen LogP contribution in [-0.2, 0) is 18.4 Å². The molecule has 25 heavy (non-hydrogen) atoms. The number of hydrogen-bond acceptors (Lipinski definition) is 6. The number of rotatable bonds is 5. The molecule has 0 saturated carbocycles. The number of aromatic nitrogens is 1. The van der Waals surface area contributed by atoms with Gasteiger partial charge in [0.25, 0.3) is 5.91 Å². The molecule has 2 N–H and O–H groups in total. The normalized spacial score (nSPS) is 16.2. The molecule has 0 bridgehead atoms. The summed E-state index contributed by atoms with van der Waals surface area (Å²) in [7, 11) is 0. The summed E-state index contributed by atoms with van der Waals surface area (Å²) in [4.78, 5) is 12.6. The summed E-state index contributed by atoms with van der Waals surface area (Å²) in [5, 5.41) is 21.6. The highest BCUT2D eigenvalue weighted by atomic mass is 32.1. The second-order valence-corrected chi connectivity index (χ2v) is 6.95. The van der Waals surface area contributed by atoms with Gasteiger partial charge in [0.1, 0.15) is 11.5 Å². The van der Waals surface area contributed by atoms with Crippen LogP contribution in [0.4, 0.5) is 0 Å². The number of aliphatic hydroxyl groups is 1. The lowest BCUT2D eigenvalue weighted by atomic mass is 9.93. The van der Waals surface area contributed by atoms with Gasteiger partial charge in [0, 0.05) is 17.5 Å². The minimum Gasteiger partial charge on any atom is -0.466 e. The zero-order valence-corrected chi connectivity index (χ0v) is 14.3. The number of carbonyl (C=O) groups excluding carboxylic acids is 1. The summed E-state index contributed by atoms with van der Waals surface area (Å²) >= 11 is 1.47. The largest absolute Gasteiger partial charge is 0.466 e. The molecule has 0 aliphatic heterocycles. The summed E-state index contributed by atoms with van der Waals surface area (Å²) < 4.78 is 10.7. The van der Waals surface area contributed by atoms with Gasteiger partial charge >= 0.3 is 0 Å². The second kappa shape index (κ2) is 6.50. The van der Waals surface area contributed by atoms with E-state index < -0.39 is 5.60 Å². The van der Waals surface area contributed by atoms with E-state index in [1.165, 1.54) is 17.6 Å². The van der Waals surface area contributed by atoms with Gasteiger partial charge in [-0.2, -0.15) is 11.3 Å². The van der Waals surface area contributed by atoms with Gasteiger partial charge in [0.05, 0.1) is 12.8 Å². The van der Waals surface area contributed by atoms with Gasteiger partial charge < -0.3 is 19.4 Å². The van der Waals surface area contributed by atoms with Crippen molar-refractivity contribution in [3.63, 3.8) is 0 Å². The van der Waals surface area contributed by atoms with Crippen LogP contribution in [0.3, 0.4) is 0 Å². The molecule has 1 amide bonds. The monoisotopic (exact) mass is 358 g/mol. The van der Waals surface area contributed by atoms with Crippen molar-refractivity contribution in [2.45, 2.75) is 31.3 Å². The van der Waals surface area contributed by atoms with Gasteiger partial charge in [-0.15, -0.1) is 0 Å². The lowest BCUT2D eigenvalue weighted by Crippen LogP contribution is -2.41. The fraction of sp³-hybridized carbons (Fsp3) is 0.333. The third-order valence-electron chi connectivity index (χ3n) is 4.60. The third kappa shape index (κ3) is 2.89. The Labute approximate surface area is 148 Å². The number of amides is 1. The molecule has 0 fully saturated rings. The van der Waals surface area contributed by atoms with E-state index in [2.05, 4.69) is 10.5 Å². The van der Waals surface area contributed by atoms with Gasteiger partial charge in [0.2, 0.25) is 0 Å². The first-order chi connectivity index (χ1) is 12.2. The molecule has 1 aliphatic rings. The van der Waals surface area contributed by atoms with Crippen LogP contribution < -0.4 is 5.32 Å². The van der Waals surface area contributed by atoms with Gasteiger partial charge in [-0.3, -0.25) is 4.79 Å². The molecule has 0 saturated heterocycles. The lowest BCUT2D eigenvalue weighted by Gasteiger charge is -2.25. The first-order valence-electron chi connectivity index (χ1n) is 8.23. The Balaban J connectivity index is 1.56. The number of fused-ring (bicyclic) bond motifs is 1. The highest BCUT2D eigenvalue weighted by Crippen LogP contribution is 2.31. The Morgan fingerprint density at radius 2 is 2.24 bits per heavy atom. The Hall–Kier alpha value is -2.38. The van der Waals surface area contributed by atoms with Gasteiger partial charge in [0.15, 0.2) is 11.3 Å². The number of nitrogens with one attached hydrogen (secondary N) is 1. The van der Waals surface area contributed by atoms with Crippen molar-refractivity contribution in [1.82, 2.24) is 10.5 Å². The van der Waals surface area contributed by atoms with Crippen molar-refractivity contribution in [3.8, 4) is 0 Å². The summed E-state index contributed by atoms with van der Waals surface area (Å²) in [6.07, 6.45) is 5.21. The maximum atomic E-state index is 12.6. The first-order valence-corrected chi connectivity index (χ1v) is 9.17. The SMILES string of the molecule is O=C(NCC(O)(c1ccsc1)c1ccco1)c1noc2c1CCCC2. The van der Waals surface area contributed by atoms with Crippen molar-refractivity contribution in [2.75, 3.05) is 6.54 Å². The minimum atomic E-state index is -1.43. The maximum absolute atomic E-state index is 12.6. The topological polar surface area (TPSA) is 88.5 Å². The zero-order chi connectivity index (χ0) is 17.3. The molecule has 0 radical (unpaired) electrons. The molecule has 1 aliphatic carbocycles. The first kappa shape index (κ1) is 16.1. The van der Waals surface area contributed by atoms with E-state index in [0.717, 1.165) is 37.0 Å². The van der Waals surface area contributed by atoms with E-state index >= 15 is 0 Å². The van der Waals surface area contributed by atoms with Crippen LogP contribution in [0.2, 0.25) is 0 Å². The average molecular weight is 358 g/mol. The predicted octanol–water partition coefficient (Wildman–Crippen LogP) is 2.87. The molecule has 3 aromatic heterocycles. The number of aryl methyl sites for hydroxylation is 1. The van der Waals surface area contributed by atoms with E-state index in [9.17, 15) is 9.90 Å². The number of thiophene rings is 1. The molecule has 0 spiro atoms. The van der Waals surface area contributed by atoms with Crippen LogP contribution in [0, 0.1) is 0 Å². The summed E-state index contributed by atoms with van der Waals surface area (Å²) in [5.41, 5.74) is 0.459. The van der Waals surface area contributed by atoms with E-state index in [-0.39, 0.29) is 12.5 Å². The Morgan fingerprint density at radius 1 is 1.36 bits per heavy atom. The molecule has 0 aromatic carbocycles. The number of furan rings is 1. The molecular weight excluding hydrogens is 340 g/mol. The van der Waals surface area contributed by atoms with E-state index in [4.69, 9.17) is 8.94 Å². The maximum Gasteiger partial charge on any atom is 0.273 e. The van der Waals surface area contributed by atoms with E-state index in [1.807, 2.05) is 16.8 Å². The number of nitrogens with zero attached hydrogens (tertiary/aromatic N) is 1. The molecule has 130 valence electrons. The van der Waals surface area contributed by atoms with Gasteiger partial charge in [-0.25, -0.2) is 0 Å². The smallest absolute Gasteiger partial charge is 0.273 e. The highest BCUT2D eigenvalue weighted by molar-refractivity contribution is 7.08. The molecule has 1 unspecified atom stereocenters. The number of hydrogen-bond donors (Lipinski definition) is 2. The Morgan fingerprint density at radius 3 is 3.00 bits per heavy atom. The van der Waals surface area contributed by atoms with Crippen molar-refractivity contribution in [3.05, 3.63) is 63.6 Å². The van der Waals surface area contributed by atoms with Gasteiger partial charge in [-0.05, 0) is 48.2 Å². The van der Waals surface area contributed by atoms with E-state index in [1.54, 1.807) is 12.1 Å². The van der Waals surface area contributed by atoms with Crippen molar-refractivity contribution in [1.29, 1.82) is 0 Å². The summed E-state index contributed by atoms with van der Waals surface area (Å²) in [5.74, 6) is 0.844. The van der Waals surface area contributed by atoms with Gasteiger partial charge in [-0.1, -0.05) is 5.16 Å². The molecule has 7 heteroatoms. The van der Waals surface area contributed by atoms with Crippen molar-refractivity contribution < 1.29 is 18.8 Å². The standard InChI is InChI=1S/C18H18N2O4S/c21-17(16-13-4-1-2-5-14(13)24-20-16)19-11-18(22,12-7-9-25-10-12)15-6-3-8-23-15/h3,6-10,22H,1-2,4-5,11H2,(H,19,21). The lowest BCUT2D eigenvalue weighted by molar-refractivity contribution is 0.0526. The van der Waals surface area contributed by atoms with Crippen LogP contribution in [0.1, 0.15) is 46.0 Å². The van der Waals surface area contributed by atoms with Crippen LogP contribution >= 0.6 is 11.3 Å². The summed E-state index contributed by atoms with van der Waals surface area (Å²) in [6, 6.07) is 5.22. The average Bonchev–Trinajstić information content (AvgIpc) is 3.40. The van der Waals surface area contributed by atoms with Crippen LogP contribution in [0.25, 0.3) is 0 Å². The molecule has 4 rings (SSSR count). The molecule has 6 nitrogen and oxygen atoms in total. The second-order valence-electron chi connectivity index (χ2n) is 6.17. The summed E-state index contributed by atoms with van der Waals surface area (Å²) in [6.45, 7) is -0.0162.